The summed E-state index contributed by atoms with van der Waals surface area (Å²) in [6, 6.07) is 27.9. The highest BCUT2D eigenvalue weighted by Crippen LogP contribution is 2.19. The van der Waals surface area contributed by atoms with Crippen LogP contribution in [0, 0.1) is 10.8 Å². The molecule has 5 rings (SSSR count). The van der Waals surface area contributed by atoms with Crippen LogP contribution in [0.2, 0.25) is 0 Å². The molecule has 5 aromatic rings. The molecule has 0 saturated carbocycles. The van der Waals surface area contributed by atoms with Gasteiger partial charge in [0, 0.05) is 12.8 Å². The first-order valence-electron chi connectivity index (χ1n) is 11.1. The fraction of sp³-hybridized carbons (Fsp3) is 0.154. The molecule has 8 nitrogen and oxygen atoms in total. The molecule has 0 amide bonds. The molecule has 0 bridgehead atoms. The second-order valence-corrected chi connectivity index (χ2v) is 8.00. The standard InChI is InChI=1S/C26H24N6O2/c27-25-23(31(29-33-25)16-14-19-8-3-1-4-9-19)21-12-7-13-22(18-21)24-26(28)34-30-32(24)17-15-20-10-5-2-6-11-20/h1-13,18,27-28H,14-17H2. The van der Waals surface area contributed by atoms with Gasteiger partial charge >= 0.3 is 0 Å². The van der Waals surface area contributed by atoms with Crippen molar-refractivity contribution in [2.45, 2.75) is 25.9 Å². The Balaban J connectivity index is 1.43. The smallest absolute Gasteiger partial charge is 0.273 e. The van der Waals surface area contributed by atoms with Crippen LogP contribution in [0.15, 0.2) is 94.0 Å². The molecular formula is C26H24N6O2. The summed E-state index contributed by atoms with van der Waals surface area (Å²) < 4.78 is 13.9. The normalized spacial score (nSPS) is 11.1. The second kappa shape index (κ2) is 9.58. The third kappa shape index (κ3) is 4.52. The van der Waals surface area contributed by atoms with E-state index >= 15 is 0 Å². The number of rotatable bonds is 8. The first-order valence-corrected chi connectivity index (χ1v) is 11.1. The Labute approximate surface area is 195 Å². The zero-order valence-corrected chi connectivity index (χ0v) is 18.5. The van der Waals surface area contributed by atoms with E-state index in [1.807, 2.05) is 60.7 Å². The number of nitrogens with one attached hydrogen (secondary N) is 2. The predicted molar refractivity (Wildman–Crippen MR) is 121 cm³/mol. The molecule has 0 fully saturated rings. The second-order valence-electron chi connectivity index (χ2n) is 8.00. The van der Waals surface area contributed by atoms with E-state index in [4.69, 9.17) is 19.9 Å². The number of aromatic nitrogens is 4. The Kier molecular flexibility index (Phi) is 6.03. The lowest BCUT2D eigenvalue weighted by Gasteiger charge is -2.05. The summed E-state index contributed by atoms with van der Waals surface area (Å²) >= 11 is 0. The van der Waals surface area contributed by atoms with Crippen LogP contribution in [0.3, 0.4) is 0 Å². The first-order chi connectivity index (χ1) is 16.7. The summed E-state index contributed by atoms with van der Waals surface area (Å²) in [5, 5.41) is 24.7. The summed E-state index contributed by atoms with van der Waals surface area (Å²) in [5.74, 6) is 0. The van der Waals surface area contributed by atoms with Crippen molar-refractivity contribution in [3.05, 3.63) is 107 Å². The van der Waals surface area contributed by atoms with E-state index in [0.29, 0.717) is 24.5 Å². The van der Waals surface area contributed by atoms with Gasteiger partial charge in [-0.2, -0.15) is 0 Å². The molecule has 170 valence electrons. The SMILES string of the molecule is N=c1o[n-][n+](CCc2ccccc2)c1-c1cccc(-c2c(=N)o[n-][n+]2CCc2ccccc2)c1. The lowest BCUT2D eigenvalue weighted by molar-refractivity contribution is -0.757. The average Bonchev–Trinajstić information content (AvgIpc) is 3.44. The molecule has 0 atom stereocenters. The molecule has 34 heavy (non-hydrogen) atoms. The lowest BCUT2D eigenvalue weighted by atomic mass is 10.1. The van der Waals surface area contributed by atoms with Gasteiger partial charge in [-0.25, -0.2) is 9.36 Å². The van der Waals surface area contributed by atoms with Crippen molar-refractivity contribution in [2.75, 3.05) is 0 Å². The highest BCUT2D eigenvalue weighted by Gasteiger charge is 2.20. The molecular weight excluding hydrogens is 428 g/mol. The molecule has 8 heteroatoms. The molecule has 2 heterocycles. The minimum Gasteiger partial charge on any atom is -0.486 e. The van der Waals surface area contributed by atoms with E-state index in [0.717, 1.165) is 24.0 Å². The van der Waals surface area contributed by atoms with Gasteiger partial charge in [0.1, 0.15) is 13.1 Å². The van der Waals surface area contributed by atoms with E-state index < -0.39 is 0 Å². The lowest BCUT2D eigenvalue weighted by Crippen LogP contribution is -2.42. The van der Waals surface area contributed by atoms with Gasteiger partial charge in [0.25, 0.3) is 22.5 Å². The number of hydrogen-bond donors (Lipinski definition) is 2. The number of nitrogens with zero attached hydrogens (tertiary/aromatic N) is 4. The van der Waals surface area contributed by atoms with Crippen molar-refractivity contribution >= 4 is 0 Å². The maximum atomic E-state index is 8.28. The zero-order chi connectivity index (χ0) is 23.3. The fourth-order valence-electron chi connectivity index (χ4n) is 4.02. The Hall–Kier alpha value is -4.46. The van der Waals surface area contributed by atoms with Crippen LogP contribution >= 0.6 is 0 Å². The Bertz CT molecular complexity index is 1380. The van der Waals surface area contributed by atoms with Gasteiger partial charge in [-0.15, -0.1) is 0 Å². The minimum atomic E-state index is -0.00131. The Morgan fingerprint density at radius 2 is 1.03 bits per heavy atom. The summed E-state index contributed by atoms with van der Waals surface area (Å²) in [7, 11) is 0. The van der Waals surface area contributed by atoms with Crippen molar-refractivity contribution in [1.82, 2.24) is 10.5 Å². The molecule has 0 saturated heterocycles. The molecule has 0 aliphatic carbocycles. The summed E-state index contributed by atoms with van der Waals surface area (Å²) in [5.41, 5.74) is 5.13. The average molecular weight is 453 g/mol. The van der Waals surface area contributed by atoms with Crippen molar-refractivity contribution in [1.29, 1.82) is 10.8 Å². The van der Waals surface area contributed by atoms with Gasteiger partial charge in [-0.1, -0.05) is 66.7 Å². The summed E-state index contributed by atoms with van der Waals surface area (Å²) in [6.45, 7) is 1.17. The summed E-state index contributed by atoms with van der Waals surface area (Å²) in [4.78, 5) is 0. The van der Waals surface area contributed by atoms with E-state index in [1.165, 1.54) is 11.1 Å². The molecule has 0 aliphatic rings. The molecule has 0 aliphatic heterocycles. The molecule has 0 unspecified atom stereocenters. The van der Waals surface area contributed by atoms with E-state index in [2.05, 4.69) is 34.8 Å². The molecule has 2 N–H and O–H groups in total. The molecule has 3 aromatic carbocycles. The van der Waals surface area contributed by atoms with Crippen LogP contribution in [0.1, 0.15) is 11.1 Å². The third-order valence-electron chi connectivity index (χ3n) is 5.73. The Morgan fingerprint density at radius 3 is 1.47 bits per heavy atom. The van der Waals surface area contributed by atoms with Crippen LogP contribution in [0.25, 0.3) is 22.5 Å². The number of benzene rings is 3. The minimum absolute atomic E-state index is 0.00131. The van der Waals surface area contributed by atoms with Crippen molar-refractivity contribution < 1.29 is 18.4 Å². The quantitative estimate of drug-likeness (QED) is 0.352. The fourth-order valence-corrected chi connectivity index (χ4v) is 4.02. The van der Waals surface area contributed by atoms with Gasteiger partial charge in [-0.05, 0) is 29.3 Å². The van der Waals surface area contributed by atoms with Crippen molar-refractivity contribution in [3.63, 3.8) is 0 Å². The van der Waals surface area contributed by atoms with Gasteiger partial charge in [-0.3, -0.25) is 21.4 Å². The van der Waals surface area contributed by atoms with Crippen molar-refractivity contribution in [3.8, 4) is 22.5 Å². The van der Waals surface area contributed by atoms with E-state index in [-0.39, 0.29) is 11.1 Å². The highest BCUT2D eigenvalue weighted by molar-refractivity contribution is 5.65. The maximum absolute atomic E-state index is 8.28. The van der Waals surface area contributed by atoms with Crippen LogP contribution in [0.4, 0.5) is 0 Å². The zero-order valence-electron chi connectivity index (χ0n) is 18.5. The number of aryl methyl sites for hydroxylation is 4. The third-order valence-corrected chi connectivity index (χ3v) is 5.73. The summed E-state index contributed by atoms with van der Waals surface area (Å²) in [6.07, 6.45) is 1.54. The predicted octanol–water partition coefficient (Wildman–Crippen LogP) is 2.14. The maximum Gasteiger partial charge on any atom is 0.273 e. The van der Waals surface area contributed by atoms with Crippen LogP contribution in [-0.4, -0.2) is 0 Å². The van der Waals surface area contributed by atoms with Gasteiger partial charge in [0.05, 0.1) is 11.1 Å². The molecule has 0 spiro atoms. The van der Waals surface area contributed by atoms with Crippen LogP contribution < -0.4 is 31.0 Å². The first kappa shape index (κ1) is 21.4. The van der Waals surface area contributed by atoms with Crippen LogP contribution in [0.5, 0.6) is 0 Å². The van der Waals surface area contributed by atoms with Crippen LogP contribution in [-0.2, 0) is 25.9 Å². The topological polar surface area (TPSA) is 110 Å². The molecule has 2 aromatic heterocycles. The van der Waals surface area contributed by atoms with Crippen molar-refractivity contribution in [2.24, 2.45) is 0 Å². The highest BCUT2D eigenvalue weighted by atomic mass is 16.5. The van der Waals surface area contributed by atoms with Gasteiger partial charge < -0.3 is 9.05 Å². The molecule has 0 radical (unpaired) electrons. The Morgan fingerprint density at radius 1 is 0.588 bits per heavy atom. The van der Waals surface area contributed by atoms with E-state index in [9.17, 15) is 0 Å². The number of hydrogen-bond acceptors (Lipinski definition) is 4. The van der Waals surface area contributed by atoms with E-state index in [1.54, 1.807) is 9.36 Å². The monoisotopic (exact) mass is 452 g/mol. The largest absolute Gasteiger partial charge is 0.486 e. The van der Waals surface area contributed by atoms with Gasteiger partial charge in [0.15, 0.2) is 0 Å². The van der Waals surface area contributed by atoms with Gasteiger partial charge in [0.2, 0.25) is 0 Å².